The smallest absolute Gasteiger partial charge is 0.109 e. The van der Waals surface area contributed by atoms with Crippen molar-refractivity contribution in [3.8, 4) is 0 Å². The molecular formula is C11H13BrN2OS. The molecule has 86 valence electrons. The second kappa shape index (κ2) is 4.31. The lowest BCUT2D eigenvalue weighted by Gasteiger charge is -2.10. The predicted molar refractivity (Wildman–Crippen MR) is 68.8 cm³/mol. The normalized spacial score (nSPS) is 13.1. The summed E-state index contributed by atoms with van der Waals surface area (Å²) >= 11 is 5.02. The Morgan fingerprint density at radius 1 is 1.44 bits per heavy atom. The second-order valence-corrected chi connectivity index (χ2v) is 5.38. The first-order chi connectivity index (χ1) is 7.52. The monoisotopic (exact) mass is 300 g/mol. The van der Waals surface area contributed by atoms with E-state index in [4.69, 9.17) is 0 Å². The van der Waals surface area contributed by atoms with Crippen molar-refractivity contribution in [3.05, 3.63) is 37.7 Å². The first-order valence-corrected chi connectivity index (χ1v) is 6.65. The molecule has 0 aromatic carbocycles. The summed E-state index contributed by atoms with van der Waals surface area (Å²) < 4.78 is 2.75. The number of hydrogen-bond donors (Lipinski definition) is 1. The van der Waals surface area contributed by atoms with E-state index in [1.54, 1.807) is 16.0 Å². The van der Waals surface area contributed by atoms with E-state index in [-0.39, 0.29) is 0 Å². The molecule has 0 fully saturated rings. The fourth-order valence-electron chi connectivity index (χ4n) is 1.83. The number of hydrogen-bond acceptors (Lipinski definition) is 3. The minimum Gasteiger partial charge on any atom is -0.383 e. The summed E-state index contributed by atoms with van der Waals surface area (Å²) in [7, 11) is 1.89. The molecular weight excluding hydrogens is 288 g/mol. The molecule has 2 aromatic rings. The molecule has 0 aliphatic heterocycles. The number of aliphatic hydroxyl groups is 1. The van der Waals surface area contributed by atoms with Crippen LogP contribution in [0.15, 0.2) is 15.2 Å². The number of thiophene rings is 1. The molecule has 0 saturated carbocycles. The minimum absolute atomic E-state index is 0.602. The van der Waals surface area contributed by atoms with Crippen molar-refractivity contribution in [2.24, 2.45) is 7.05 Å². The molecule has 0 amide bonds. The van der Waals surface area contributed by atoms with Crippen molar-refractivity contribution in [1.29, 1.82) is 0 Å². The van der Waals surface area contributed by atoms with Crippen LogP contribution in [0.4, 0.5) is 0 Å². The molecule has 0 bridgehead atoms. The molecule has 2 heterocycles. The zero-order valence-corrected chi connectivity index (χ0v) is 11.8. The molecule has 16 heavy (non-hydrogen) atoms. The Bertz CT molecular complexity index is 518. The van der Waals surface area contributed by atoms with Crippen LogP contribution in [0.5, 0.6) is 0 Å². The molecule has 2 aromatic heterocycles. The van der Waals surface area contributed by atoms with Crippen LogP contribution in [0.2, 0.25) is 0 Å². The van der Waals surface area contributed by atoms with E-state index in [2.05, 4.69) is 21.0 Å². The quantitative estimate of drug-likeness (QED) is 0.926. The first kappa shape index (κ1) is 11.8. The van der Waals surface area contributed by atoms with E-state index in [0.29, 0.717) is 0 Å². The van der Waals surface area contributed by atoms with Gasteiger partial charge in [0.1, 0.15) is 6.10 Å². The minimum atomic E-state index is -0.602. The molecule has 1 unspecified atom stereocenters. The van der Waals surface area contributed by atoms with Gasteiger partial charge in [0.15, 0.2) is 0 Å². The largest absolute Gasteiger partial charge is 0.383 e. The second-order valence-electron chi connectivity index (χ2n) is 3.79. The fraction of sp³-hybridized carbons (Fsp3) is 0.364. The average molecular weight is 301 g/mol. The van der Waals surface area contributed by atoms with Crippen LogP contribution in [0.3, 0.4) is 0 Å². The highest BCUT2D eigenvalue weighted by Gasteiger charge is 2.21. The Morgan fingerprint density at radius 3 is 2.56 bits per heavy atom. The fourth-order valence-corrected chi connectivity index (χ4v) is 3.36. The van der Waals surface area contributed by atoms with Gasteiger partial charge in [0, 0.05) is 33.7 Å². The van der Waals surface area contributed by atoms with E-state index in [0.717, 1.165) is 27.0 Å². The van der Waals surface area contributed by atoms with Crippen molar-refractivity contribution >= 4 is 27.3 Å². The Kier molecular flexibility index (Phi) is 3.19. The van der Waals surface area contributed by atoms with Gasteiger partial charge in [0.2, 0.25) is 0 Å². The lowest BCUT2D eigenvalue weighted by Crippen LogP contribution is -2.02. The summed E-state index contributed by atoms with van der Waals surface area (Å²) in [5.74, 6) is 0. The Balaban J connectivity index is 2.49. The highest BCUT2D eigenvalue weighted by atomic mass is 79.9. The molecule has 1 atom stereocenters. The Hall–Kier alpha value is -0.650. The summed E-state index contributed by atoms with van der Waals surface area (Å²) in [5, 5.41) is 18.6. The van der Waals surface area contributed by atoms with Crippen molar-refractivity contribution in [2.75, 3.05) is 0 Å². The van der Waals surface area contributed by atoms with Gasteiger partial charge in [-0.1, -0.05) is 0 Å². The molecule has 0 radical (unpaired) electrons. The Labute approximate surface area is 107 Å². The van der Waals surface area contributed by atoms with Crippen LogP contribution < -0.4 is 0 Å². The van der Waals surface area contributed by atoms with E-state index < -0.39 is 6.10 Å². The number of aliphatic hydroxyl groups excluding tert-OH is 1. The van der Waals surface area contributed by atoms with E-state index in [9.17, 15) is 5.11 Å². The van der Waals surface area contributed by atoms with E-state index >= 15 is 0 Å². The summed E-state index contributed by atoms with van der Waals surface area (Å²) in [5.41, 5.74) is 3.69. The standard InChI is InChI=1S/C11H13BrN2OS/c1-6-10(7(2)14(3)13-6)11(15)8-4-16-5-9(8)12/h4-5,11,15H,1-3H3. The summed E-state index contributed by atoms with van der Waals surface area (Å²) in [6, 6.07) is 0. The highest BCUT2D eigenvalue weighted by molar-refractivity contribution is 9.10. The third-order valence-electron chi connectivity index (χ3n) is 2.78. The van der Waals surface area contributed by atoms with Gasteiger partial charge in [0.05, 0.1) is 5.69 Å². The van der Waals surface area contributed by atoms with Crippen molar-refractivity contribution in [2.45, 2.75) is 20.0 Å². The molecule has 0 aliphatic rings. The van der Waals surface area contributed by atoms with Crippen LogP contribution in [-0.2, 0) is 7.05 Å². The third-order valence-corrected chi connectivity index (χ3v) is 4.53. The number of aromatic nitrogens is 2. The lowest BCUT2D eigenvalue weighted by atomic mass is 10.0. The maximum absolute atomic E-state index is 10.4. The van der Waals surface area contributed by atoms with Gasteiger partial charge < -0.3 is 5.11 Å². The Morgan fingerprint density at radius 2 is 2.12 bits per heavy atom. The molecule has 0 saturated heterocycles. The van der Waals surface area contributed by atoms with Crippen molar-refractivity contribution < 1.29 is 5.11 Å². The SMILES string of the molecule is Cc1nn(C)c(C)c1C(O)c1cscc1Br. The zero-order valence-electron chi connectivity index (χ0n) is 9.36. The number of rotatable bonds is 2. The molecule has 0 aliphatic carbocycles. The molecule has 1 N–H and O–H groups in total. The van der Waals surface area contributed by atoms with Crippen molar-refractivity contribution in [3.63, 3.8) is 0 Å². The first-order valence-electron chi connectivity index (χ1n) is 4.92. The van der Waals surface area contributed by atoms with Crippen LogP contribution in [0.1, 0.15) is 28.6 Å². The van der Waals surface area contributed by atoms with Gasteiger partial charge in [0.25, 0.3) is 0 Å². The van der Waals surface area contributed by atoms with Crippen LogP contribution in [0.25, 0.3) is 0 Å². The highest BCUT2D eigenvalue weighted by Crippen LogP contribution is 2.33. The van der Waals surface area contributed by atoms with Gasteiger partial charge in [-0.15, -0.1) is 0 Å². The molecule has 5 heteroatoms. The maximum Gasteiger partial charge on any atom is 0.109 e. The van der Waals surface area contributed by atoms with Crippen molar-refractivity contribution in [1.82, 2.24) is 9.78 Å². The summed E-state index contributed by atoms with van der Waals surface area (Å²) in [4.78, 5) is 0. The van der Waals surface area contributed by atoms with Gasteiger partial charge in [-0.25, -0.2) is 0 Å². The van der Waals surface area contributed by atoms with Crippen LogP contribution in [0, 0.1) is 13.8 Å². The average Bonchev–Trinajstić information content (AvgIpc) is 2.73. The topological polar surface area (TPSA) is 38.0 Å². The van der Waals surface area contributed by atoms with Gasteiger partial charge >= 0.3 is 0 Å². The van der Waals surface area contributed by atoms with E-state index in [1.165, 1.54) is 0 Å². The summed E-state index contributed by atoms with van der Waals surface area (Å²) in [6.07, 6.45) is -0.602. The molecule has 2 rings (SSSR count). The number of nitrogens with zero attached hydrogens (tertiary/aromatic N) is 2. The number of aryl methyl sites for hydroxylation is 2. The van der Waals surface area contributed by atoms with Gasteiger partial charge in [-0.05, 0) is 35.2 Å². The van der Waals surface area contributed by atoms with E-state index in [1.807, 2.05) is 31.7 Å². The molecule has 0 spiro atoms. The zero-order chi connectivity index (χ0) is 11.9. The van der Waals surface area contributed by atoms with Crippen LogP contribution >= 0.6 is 27.3 Å². The maximum atomic E-state index is 10.4. The molecule has 3 nitrogen and oxygen atoms in total. The third kappa shape index (κ3) is 1.83. The predicted octanol–water partition coefficient (Wildman–Crippen LogP) is 2.94. The number of halogens is 1. The van der Waals surface area contributed by atoms with Gasteiger partial charge in [-0.2, -0.15) is 16.4 Å². The van der Waals surface area contributed by atoms with Crippen LogP contribution in [-0.4, -0.2) is 14.9 Å². The van der Waals surface area contributed by atoms with Gasteiger partial charge in [-0.3, -0.25) is 4.68 Å². The summed E-state index contributed by atoms with van der Waals surface area (Å²) in [6.45, 7) is 3.89. The lowest BCUT2D eigenvalue weighted by molar-refractivity contribution is 0.218.